The molecule has 6 fully saturated rings. The van der Waals surface area contributed by atoms with Gasteiger partial charge in [0.15, 0.2) is 12.4 Å². The minimum atomic E-state index is -1.69. The highest BCUT2D eigenvalue weighted by molar-refractivity contribution is 5.79. The molecule has 5 unspecified atom stereocenters. The first kappa shape index (κ1) is 41.5. The fraction of sp³-hybridized carbons (Fsp3) is 0.905. The zero-order chi connectivity index (χ0) is 40.4. The second-order valence-electron chi connectivity index (χ2n) is 20.4. The highest BCUT2D eigenvalue weighted by atomic mass is 16.8. The smallest absolute Gasteiger partial charge is 0.315 e. The molecule has 0 spiro atoms. The minimum absolute atomic E-state index is 0.0594. The van der Waals surface area contributed by atoms with Crippen LogP contribution >= 0.6 is 0 Å². The van der Waals surface area contributed by atoms with Gasteiger partial charge in [-0.15, -0.1) is 0 Å². The molecule has 312 valence electrons. The summed E-state index contributed by atoms with van der Waals surface area (Å²) >= 11 is 0. The van der Waals surface area contributed by atoms with E-state index in [1.807, 2.05) is 0 Å². The van der Waals surface area contributed by atoms with Crippen molar-refractivity contribution in [2.45, 2.75) is 187 Å². The summed E-state index contributed by atoms with van der Waals surface area (Å²) in [5.41, 5.74) is -1.67. The summed E-state index contributed by atoms with van der Waals surface area (Å²) in [6.07, 6.45) is -5.62. The van der Waals surface area contributed by atoms with Gasteiger partial charge in [-0.3, -0.25) is 9.59 Å². The van der Waals surface area contributed by atoms with Crippen LogP contribution in [0.5, 0.6) is 0 Å². The summed E-state index contributed by atoms with van der Waals surface area (Å²) in [5.74, 6) is -1.52. The van der Waals surface area contributed by atoms with Crippen LogP contribution in [-0.2, 0) is 28.5 Å². The van der Waals surface area contributed by atoms with Crippen molar-refractivity contribution in [1.29, 1.82) is 0 Å². The molecule has 0 radical (unpaired) electrons. The van der Waals surface area contributed by atoms with Crippen LogP contribution in [0.4, 0.5) is 0 Å². The molecule has 2 saturated heterocycles. The zero-order valence-electron chi connectivity index (χ0n) is 33.8. The molecule has 55 heavy (non-hydrogen) atoms. The number of carbonyl (C=O) groups excluding carboxylic acids is 1. The predicted molar refractivity (Wildman–Crippen MR) is 197 cm³/mol. The molecule has 0 aromatic carbocycles. The Balaban J connectivity index is 1.21. The van der Waals surface area contributed by atoms with Gasteiger partial charge in [-0.1, -0.05) is 46.3 Å². The Morgan fingerprint density at radius 2 is 1.35 bits per heavy atom. The van der Waals surface area contributed by atoms with Gasteiger partial charge in [0.05, 0.1) is 29.1 Å². The summed E-state index contributed by atoms with van der Waals surface area (Å²) in [4.78, 5) is 27.8. The Morgan fingerprint density at radius 3 is 2.00 bits per heavy atom. The molecule has 7 N–H and O–H groups in total. The lowest BCUT2D eigenvalue weighted by molar-refractivity contribution is -0.358. The van der Waals surface area contributed by atoms with Gasteiger partial charge in [0.1, 0.15) is 30.5 Å². The van der Waals surface area contributed by atoms with Crippen LogP contribution in [0.15, 0.2) is 11.6 Å². The number of hydrogen-bond acceptors (Lipinski definition) is 12. The van der Waals surface area contributed by atoms with E-state index in [9.17, 15) is 45.3 Å². The van der Waals surface area contributed by atoms with E-state index >= 15 is 0 Å². The fourth-order valence-electron chi connectivity index (χ4n) is 13.3. The topological polar surface area (TPSA) is 213 Å². The summed E-state index contributed by atoms with van der Waals surface area (Å²) in [6, 6.07) is 0. The maximum Gasteiger partial charge on any atom is 0.315 e. The predicted octanol–water partition coefficient (Wildman–Crippen LogP) is 3.44. The summed E-state index contributed by atoms with van der Waals surface area (Å²) in [7, 11) is 0. The number of carboxylic acids is 1. The van der Waals surface area contributed by atoms with Crippen LogP contribution in [0.3, 0.4) is 0 Å². The molecule has 19 atom stereocenters. The number of hydrogen-bond donors (Lipinski definition) is 7. The first-order chi connectivity index (χ1) is 25.5. The van der Waals surface area contributed by atoms with Crippen molar-refractivity contribution in [3.8, 4) is 0 Å². The average Bonchev–Trinajstić information content (AvgIpc) is 3.11. The van der Waals surface area contributed by atoms with Crippen molar-refractivity contribution in [1.82, 2.24) is 0 Å². The number of esters is 1. The van der Waals surface area contributed by atoms with Gasteiger partial charge < -0.3 is 54.7 Å². The number of carboxylic acid groups (broad SMARTS) is 1. The average molecular weight is 779 g/mol. The zero-order valence-corrected chi connectivity index (χ0v) is 33.8. The number of aliphatic carboxylic acids is 1. The summed E-state index contributed by atoms with van der Waals surface area (Å²) in [5, 5.41) is 75.0. The van der Waals surface area contributed by atoms with E-state index in [1.54, 1.807) is 13.8 Å². The maximum atomic E-state index is 15.0. The second-order valence-corrected chi connectivity index (χ2v) is 20.4. The molecule has 0 aromatic heterocycles. The molecule has 4 saturated carbocycles. The lowest BCUT2D eigenvalue weighted by atomic mass is 9.33. The normalized spacial score (nSPS) is 54.8. The van der Waals surface area contributed by atoms with Gasteiger partial charge in [-0.05, 0) is 124 Å². The molecule has 2 heterocycles. The number of allylic oxidation sites excluding steroid dienone is 2. The van der Waals surface area contributed by atoms with Gasteiger partial charge in [-0.25, -0.2) is 0 Å². The molecular formula is C42H66O13. The van der Waals surface area contributed by atoms with Crippen molar-refractivity contribution in [2.24, 2.45) is 50.2 Å². The van der Waals surface area contributed by atoms with Gasteiger partial charge in [0, 0.05) is 0 Å². The molecule has 2 aliphatic heterocycles. The number of fused-ring (bicyclic) bond motifs is 7. The minimum Gasteiger partial charge on any atom is -0.481 e. The van der Waals surface area contributed by atoms with Gasteiger partial charge >= 0.3 is 11.9 Å². The lowest BCUT2D eigenvalue weighted by Crippen LogP contribution is -2.67. The van der Waals surface area contributed by atoms with E-state index in [0.29, 0.717) is 25.7 Å². The largest absolute Gasteiger partial charge is 0.481 e. The van der Waals surface area contributed by atoms with Crippen molar-refractivity contribution in [2.75, 3.05) is 0 Å². The molecule has 0 amide bonds. The van der Waals surface area contributed by atoms with E-state index in [-0.39, 0.29) is 39.4 Å². The highest BCUT2D eigenvalue weighted by Crippen LogP contribution is 2.76. The third-order valence-corrected chi connectivity index (χ3v) is 17.3. The highest BCUT2D eigenvalue weighted by Gasteiger charge is 2.71. The molecule has 0 aromatic rings. The number of rotatable bonds is 5. The second kappa shape index (κ2) is 13.7. The summed E-state index contributed by atoms with van der Waals surface area (Å²) < 4.78 is 23.9. The van der Waals surface area contributed by atoms with Gasteiger partial charge in [0.25, 0.3) is 0 Å². The first-order valence-electron chi connectivity index (χ1n) is 20.7. The van der Waals surface area contributed by atoms with Gasteiger partial charge in [0.2, 0.25) is 6.29 Å². The van der Waals surface area contributed by atoms with Crippen LogP contribution in [0, 0.1) is 50.2 Å². The van der Waals surface area contributed by atoms with E-state index < -0.39 is 90.3 Å². The Kier molecular flexibility index (Phi) is 10.3. The molecule has 5 aliphatic carbocycles. The Hall–Kier alpha value is -1.68. The molecular weight excluding hydrogens is 712 g/mol. The summed E-state index contributed by atoms with van der Waals surface area (Å²) in [6.45, 7) is 16.3. The number of aliphatic hydroxyl groups is 6. The Bertz CT molecular complexity index is 1550. The van der Waals surface area contributed by atoms with Crippen molar-refractivity contribution >= 4 is 11.9 Å². The van der Waals surface area contributed by atoms with Crippen LogP contribution < -0.4 is 0 Å². The Morgan fingerprint density at radius 1 is 0.727 bits per heavy atom. The van der Waals surface area contributed by atoms with Crippen molar-refractivity contribution in [3.63, 3.8) is 0 Å². The van der Waals surface area contributed by atoms with Crippen molar-refractivity contribution in [3.05, 3.63) is 11.6 Å². The Labute approximate surface area is 324 Å². The van der Waals surface area contributed by atoms with E-state index in [2.05, 4.69) is 40.7 Å². The monoisotopic (exact) mass is 778 g/mol. The first-order valence-corrected chi connectivity index (χ1v) is 20.7. The van der Waals surface area contributed by atoms with Crippen LogP contribution in [-0.4, -0.2) is 115 Å². The number of aliphatic hydroxyl groups excluding tert-OH is 6. The quantitative estimate of drug-likeness (QED) is 0.158. The molecule has 0 bridgehead atoms. The van der Waals surface area contributed by atoms with Crippen LogP contribution in [0.1, 0.15) is 120 Å². The lowest BCUT2D eigenvalue weighted by Gasteiger charge is -2.71. The van der Waals surface area contributed by atoms with Crippen LogP contribution in [0.25, 0.3) is 0 Å². The number of carbonyl (C=O) groups is 2. The molecule has 7 aliphatic rings. The molecule has 7 rings (SSSR count). The molecule has 13 nitrogen and oxygen atoms in total. The number of ether oxygens (including phenoxy) is 4. The molecule has 13 heteroatoms. The third-order valence-electron chi connectivity index (χ3n) is 17.3. The van der Waals surface area contributed by atoms with E-state index in [4.69, 9.17) is 18.9 Å². The van der Waals surface area contributed by atoms with E-state index in [0.717, 1.165) is 38.5 Å². The van der Waals surface area contributed by atoms with Crippen LogP contribution in [0.2, 0.25) is 0 Å². The standard InChI is InChI=1S/C42H66O13/c1-20-27(44)29(46)31(48)33(52-20)54-32-30(47)28(45)21(2)53-34(32)55-36(51)42-17-15-37(3,4)19-23(42)22-9-10-24-38(5)13-12-26(43)41(8,35(49)50)25(38)11-14-40(24,7)39(22,6)16-18-42/h9,20-21,23-34,43-48H,10-19H2,1-8H3,(H,49,50)/t20-,21+,23?,24?,25?,26-,27-,28+,29+,30+,31+,32-,33?,34?,38+,39+,40+,41-,42-/m0/s1. The van der Waals surface area contributed by atoms with Crippen molar-refractivity contribution < 1.29 is 64.3 Å². The SMILES string of the molecule is C[C@@H]1OC(O[C@@H]2C(OC(=O)[C@]34CCC(C)(C)CC3C3=CCC5[C@@]6(C)CC[C@H](O)[C@@](C)(C(=O)O)C6CC[C@@]5(C)[C@]3(C)CC4)O[C@H](C)[C@@H](O)[C@H]2O)[C@H](O)[C@H](O)[C@H]1O. The van der Waals surface area contributed by atoms with E-state index in [1.165, 1.54) is 12.5 Å². The maximum absolute atomic E-state index is 15.0. The third kappa shape index (κ3) is 5.94. The van der Waals surface area contributed by atoms with Gasteiger partial charge in [-0.2, -0.15) is 0 Å². The fourth-order valence-corrected chi connectivity index (χ4v) is 13.3.